The maximum Gasteiger partial charge on any atom is 0.303 e. The highest BCUT2D eigenvalue weighted by molar-refractivity contribution is 5.68. The lowest BCUT2D eigenvalue weighted by atomic mass is 9.98. The molecule has 13 nitrogen and oxygen atoms in total. The van der Waals surface area contributed by atoms with E-state index in [0.717, 1.165) is 20.8 Å². The summed E-state index contributed by atoms with van der Waals surface area (Å²) in [7, 11) is 0. The molecular weight excluding hydrogens is 394 g/mol. The van der Waals surface area contributed by atoms with Crippen LogP contribution in [0.25, 0.3) is 10.4 Å². The van der Waals surface area contributed by atoms with Gasteiger partial charge in [-0.15, -0.1) is 0 Å². The minimum Gasteiger partial charge on any atom is -0.463 e. The minimum atomic E-state index is -1.31. The van der Waals surface area contributed by atoms with Crippen LogP contribution in [0.1, 0.15) is 27.7 Å². The van der Waals surface area contributed by atoms with Crippen LogP contribution >= 0.6 is 0 Å². The molecule has 0 radical (unpaired) electrons. The Morgan fingerprint density at radius 3 is 1.97 bits per heavy atom. The molecule has 1 aliphatic rings. The molecule has 0 N–H and O–H groups in total. The fourth-order valence-electron chi connectivity index (χ4n) is 2.58. The summed E-state index contributed by atoms with van der Waals surface area (Å²) < 4.78 is 31.7. The van der Waals surface area contributed by atoms with Crippen molar-refractivity contribution in [3.05, 3.63) is 10.4 Å². The zero-order valence-electron chi connectivity index (χ0n) is 16.4. The molecule has 29 heavy (non-hydrogen) atoms. The highest BCUT2D eigenvalue weighted by Gasteiger charge is 2.52. The molecule has 0 unspecified atom stereocenters. The summed E-state index contributed by atoms with van der Waals surface area (Å²) in [6, 6.07) is 0. The van der Waals surface area contributed by atoms with E-state index in [1.165, 1.54) is 6.92 Å². The molecule has 1 rings (SSSR count). The van der Waals surface area contributed by atoms with Crippen molar-refractivity contribution in [3.63, 3.8) is 0 Å². The lowest BCUT2D eigenvalue weighted by Crippen LogP contribution is -2.63. The third-order valence-electron chi connectivity index (χ3n) is 3.48. The second kappa shape index (κ2) is 11.8. The molecular formula is C16H23N3O10. The molecule has 162 valence electrons. The van der Waals surface area contributed by atoms with Crippen LogP contribution < -0.4 is 0 Å². The van der Waals surface area contributed by atoms with Gasteiger partial charge in [-0.05, 0) is 5.53 Å². The van der Waals surface area contributed by atoms with Crippen molar-refractivity contribution < 1.29 is 47.6 Å². The van der Waals surface area contributed by atoms with Gasteiger partial charge in [-0.2, -0.15) is 0 Å². The largest absolute Gasteiger partial charge is 0.463 e. The Hall–Kier alpha value is -2.89. The van der Waals surface area contributed by atoms with E-state index in [1.54, 1.807) is 0 Å². The molecule has 0 aliphatic carbocycles. The summed E-state index contributed by atoms with van der Waals surface area (Å²) in [6.45, 7) is 4.01. The van der Waals surface area contributed by atoms with Crippen LogP contribution in [0.5, 0.6) is 0 Å². The zero-order valence-corrected chi connectivity index (χ0v) is 16.4. The highest BCUT2D eigenvalue weighted by Crippen LogP contribution is 2.29. The van der Waals surface area contributed by atoms with Crippen molar-refractivity contribution in [1.29, 1.82) is 0 Å². The molecule has 0 spiro atoms. The maximum absolute atomic E-state index is 11.6. The SMILES string of the molecule is CC(=O)OC[C@@H]1O[C@H](OCCN=[N+]=[N-])[C@@H](OC(C)=O)[C@H](OC(C)=O)[C@H]1OC(C)=O. The first-order valence-corrected chi connectivity index (χ1v) is 8.58. The van der Waals surface area contributed by atoms with Crippen molar-refractivity contribution in [2.75, 3.05) is 19.8 Å². The Bertz CT molecular complexity index is 663. The van der Waals surface area contributed by atoms with Gasteiger partial charge in [0.15, 0.2) is 24.6 Å². The average Bonchev–Trinajstić information content (AvgIpc) is 2.60. The number of rotatable bonds is 9. The lowest BCUT2D eigenvalue weighted by molar-refractivity contribution is -0.307. The van der Waals surface area contributed by atoms with E-state index in [1.807, 2.05) is 0 Å². The molecule has 0 aromatic heterocycles. The van der Waals surface area contributed by atoms with E-state index in [-0.39, 0.29) is 19.8 Å². The van der Waals surface area contributed by atoms with Gasteiger partial charge in [-0.3, -0.25) is 19.2 Å². The van der Waals surface area contributed by atoms with E-state index in [2.05, 4.69) is 10.0 Å². The summed E-state index contributed by atoms with van der Waals surface area (Å²) >= 11 is 0. The summed E-state index contributed by atoms with van der Waals surface area (Å²) in [4.78, 5) is 48.5. The Kier molecular flexibility index (Phi) is 9.86. The van der Waals surface area contributed by atoms with Crippen LogP contribution in [0.4, 0.5) is 0 Å². The molecule has 0 bridgehead atoms. The quantitative estimate of drug-likeness (QED) is 0.128. The van der Waals surface area contributed by atoms with Gasteiger partial charge in [0.2, 0.25) is 0 Å². The van der Waals surface area contributed by atoms with Gasteiger partial charge in [-0.1, -0.05) is 5.11 Å². The third kappa shape index (κ3) is 8.34. The van der Waals surface area contributed by atoms with Crippen LogP contribution in [0, 0.1) is 0 Å². The minimum absolute atomic E-state index is 0.0522. The molecule has 0 aromatic carbocycles. The second-order valence-electron chi connectivity index (χ2n) is 5.89. The topological polar surface area (TPSA) is 172 Å². The molecule has 13 heteroatoms. The van der Waals surface area contributed by atoms with Gasteiger partial charge in [0.1, 0.15) is 12.7 Å². The van der Waals surface area contributed by atoms with Gasteiger partial charge >= 0.3 is 23.9 Å². The molecule has 0 amide bonds. The first kappa shape index (κ1) is 24.1. The Morgan fingerprint density at radius 1 is 0.897 bits per heavy atom. The molecule has 5 atom stereocenters. The molecule has 0 saturated carbocycles. The maximum atomic E-state index is 11.6. The number of carbonyl (C=O) groups excluding carboxylic acids is 4. The number of hydrogen-bond acceptors (Lipinski definition) is 11. The fourth-order valence-corrected chi connectivity index (χ4v) is 2.58. The van der Waals surface area contributed by atoms with Crippen LogP contribution in [-0.2, 0) is 47.6 Å². The van der Waals surface area contributed by atoms with Crippen LogP contribution in [0.2, 0.25) is 0 Å². The second-order valence-corrected chi connectivity index (χ2v) is 5.89. The Labute approximate surface area is 166 Å². The molecule has 1 saturated heterocycles. The monoisotopic (exact) mass is 417 g/mol. The smallest absolute Gasteiger partial charge is 0.303 e. The first-order valence-electron chi connectivity index (χ1n) is 8.58. The third-order valence-corrected chi connectivity index (χ3v) is 3.48. The molecule has 1 fully saturated rings. The molecule has 1 aliphatic heterocycles. The fraction of sp³-hybridized carbons (Fsp3) is 0.750. The molecule has 1 heterocycles. The van der Waals surface area contributed by atoms with Gasteiger partial charge < -0.3 is 28.4 Å². The van der Waals surface area contributed by atoms with E-state index in [4.69, 9.17) is 34.0 Å². The summed E-state index contributed by atoms with van der Waals surface area (Å²) in [5.41, 5.74) is 8.35. The number of ether oxygens (including phenoxy) is 6. The van der Waals surface area contributed by atoms with Crippen molar-refractivity contribution >= 4 is 23.9 Å². The number of azide groups is 1. The predicted molar refractivity (Wildman–Crippen MR) is 91.9 cm³/mol. The Balaban J connectivity index is 3.22. The van der Waals surface area contributed by atoms with Gasteiger partial charge in [-0.25, -0.2) is 0 Å². The van der Waals surface area contributed by atoms with Crippen LogP contribution in [0.3, 0.4) is 0 Å². The van der Waals surface area contributed by atoms with Crippen molar-refractivity contribution in [3.8, 4) is 0 Å². The van der Waals surface area contributed by atoms with Gasteiger partial charge in [0, 0.05) is 39.2 Å². The zero-order chi connectivity index (χ0) is 22.0. The molecule has 0 aromatic rings. The standard InChI is InChI=1S/C16H23N3O10/c1-8(20)25-7-12-13(26-9(2)21)14(27-10(3)22)15(28-11(4)23)16(29-12)24-6-5-18-19-17/h12-16H,5-7H2,1-4H3/t12-,13-,14+,15-,16-/m0/s1. The lowest BCUT2D eigenvalue weighted by Gasteiger charge is -2.44. The normalized spacial score (nSPS) is 25.9. The predicted octanol–water partition coefficient (Wildman–Crippen LogP) is 0.396. The number of nitrogens with zero attached hydrogens (tertiary/aromatic N) is 3. The van der Waals surface area contributed by atoms with Crippen LogP contribution in [-0.4, -0.2) is 74.3 Å². The van der Waals surface area contributed by atoms with Gasteiger partial charge in [0.25, 0.3) is 0 Å². The van der Waals surface area contributed by atoms with E-state index >= 15 is 0 Å². The number of esters is 4. The highest BCUT2D eigenvalue weighted by atomic mass is 16.7. The van der Waals surface area contributed by atoms with Crippen molar-refractivity contribution in [2.24, 2.45) is 5.11 Å². The summed E-state index contributed by atoms with van der Waals surface area (Å²) in [5.74, 6) is -2.83. The number of hydrogen-bond donors (Lipinski definition) is 0. The van der Waals surface area contributed by atoms with Crippen molar-refractivity contribution in [2.45, 2.75) is 58.4 Å². The summed E-state index contributed by atoms with van der Waals surface area (Å²) in [6.07, 6.45) is -6.25. The summed E-state index contributed by atoms with van der Waals surface area (Å²) in [5, 5.41) is 3.31. The van der Waals surface area contributed by atoms with E-state index in [0.29, 0.717) is 0 Å². The van der Waals surface area contributed by atoms with Gasteiger partial charge in [0.05, 0.1) is 6.61 Å². The average molecular weight is 417 g/mol. The first-order chi connectivity index (χ1) is 13.6. The van der Waals surface area contributed by atoms with Crippen molar-refractivity contribution in [1.82, 2.24) is 0 Å². The van der Waals surface area contributed by atoms with E-state index < -0.39 is 54.6 Å². The van der Waals surface area contributed by atoms with E-state index in [9.17, 15) is 19.2 Å². The van der Waals surface area contributed by atoms with Crippen LogP contribution in [0.15, 0.2) is 5.11 Å². The number of carbonyl (C=O) groups is 4. The Morgan fingerprint density at radius 2 is 1.45 bits per heavy atom.